The van der Waals surface area contributed by atoms with Crippen molar-refractivity contribution >= 4 is 6.41 Å². The Morgan fingerprint density at radius 2 is 2.25 bits per heavy atom. The maximum atomic E-state index is 9.97. The van der Waals surface area contributed by atoms with Crippen molar-refractivity contribution in [3.63, 3.8) is 0 Å². The molecule has 1 atom stereocenters. The second kappa shape index (κ2) is 2.52. The molecule has 0 N–H and O–H groups in total. The highest BCUT2D eigenvalue weighted by atomic mass is 16.3. The van der Waals surface area contributed by atoms with Gasteiger partial charge in [-0.15, -0.1) is 4.59 Å². The molecular formula is C4H9N2O2+. The molecule has 0 spiro atoms. The summed E-state index contributed by atoms with van der Waals surface area (Å²) in [5.41, 5.74) is 0. The van der Waals surface area contributed by atoms with Crippen molar-refractivity contribution in [3.8, 4) is 0 Å². The average molecular weight is 117 g/mol. The molecular weight excluding hydrogens is 108 g/mol. The highest BCUT2D eigenvalue weighted by Crippen LogP contribution is 1.94. The first-order valence-electron chi connectivity index (χ1n) is 2.35. The summed E-state index contributed by atoms with van der Waals surface area (Å²) in [6, 6.07) is 0. The summed E-state index contributed by atoms with van der Waals surface area (Å²) in [4.78, 5) is 19.7. The standard InChI is InChI=1S/C4H9N2O2/c1-3-6(2,4-7)5-8/h4H,3H2,1-2H3/q+1. The third-order valence-corrected chi connectivity index (χ3v) is 1.05. The zero-order valence-electron chi connectivity index (χ0n) is 5.00. The lowest BCUT2D eigenvalue weighted by Crippen LogP contribution is -2.35. The van der Waals surface area contributed by atoms with E-state index >= 15 is 0 Å². The van der Waals surface area contributed by atoms with Gasteiger partial charge in [-0.25, -0.2) is 4.79 Å². The summed E-state index contributed by atoms with van der Waals surface area (Å²) in [6.45, 7) is 2.13. The minimum absolute atomic E-state index is 0.403. The van der Waals surface area contributed by atoms with E-state index in [1.54, 1.807) is 6.92 Å². The summed E-state index contributed by atoms with van der Waals surface area (Å²) in [5.74, 6) is 0. The quantitative estimate of drug-likeness (QED) is 0.231. The SMILES string of the molecule is CC[N+](C)(C=O)N=O. The third kappa shape index (κ3) is 1.38. The van der Waals surface area contributed by atoms with Gasteiger partial charge in [0.05, 0.1) is 0 Å². The van der Waals surface area contributed by atoms with E-state index in [2.05, 4.69) is 5.29 Å². The molecule has 0 fully saturated rings. The first-order chi connectivity index (χ1) is 3.68. The molecule has 0 aromatic rings. The van der Waals surface area contributed by atoms with E-state index in [0.29, 0.717) is 13.0 Å². The summed E-state index contributed by atoms with van der Waals surface area (Å²) in [5, 5.41) is 2.58. The summed E-state index contributed by atoms with van der Waals surface area (Å²) in [7, 11) is 1.44. The van der Waals surface area contributed by atoms with Crippen LogP contribution in [0.1, 0.15) is 6.92 Å². The molecule has 0 aromatic carbocycles. The van der Waals surface area contributed by atoms with Crippen LogP contribution in [0, 0.1) is 4.91 Å². The van der Waals surface area contributed by atoms with Crippen LogP contribution in [0.15, 0.2) is 5.29 Å². The Morgan fingerprint density at radius 1 is 1.75 bits per heavy atom. The van der Waals surface area contributed by atoms with E-state index < -0.39 is 4.59 Å². The molecule has 0 saturated heterocycles. The van der Waals surface area contributed by atoms with Crippen LogP contribution in [0.5, 0.6) is 0 Å². The topological polar surface area (TPSA) is 46.5 Å². The van der Waals surface area contributed by atoms with Crippen molar-refractivity contribution in [1.82, 2.24) is 0 Å². The van der Waals surface area contributed by atoms with Gasteiger partial charge in [0.25, 0.3) is 0 Å². The molecule has 0 aliphatic rings. The smallest absolute Gasteiger partial charge is 0.231 e. The maximum absolute atomic E-state index is 9.97. The molecule has 0 aliphatic carbocycles. The van der Waals surface area contributed by atoms with Crippen LogP contribution in [0.4, 0.5) is 0 Å². The van der Waals surface area contributed by atoms with Crippen molar-refractivity contribution in [2.75, 3.05) is 13.6 Å². The number of rotatable bonds is 3. The van der Waals surface area contributed by atoms with Gasteiger partial charge in [-0.1, -0.05) is 4.91 Å². The second-order valence-electron chi connectivity index (χ2n) is 1.72. The van der Waals surface area contributed by atoms with Crippen molar-refractivity contribution in [2.24, 2.45) is 5.29 Å². The Kier molecular flexibility index (Phi) is 2.27. The molecule has 0 rings (SSSR count). The molecule has 4 heteroatoms. The van der Waals surface area contributed by atoms with Gasteiger partial charge in [-0.2, -0.15) is 0 Å². The van der Waals surface area contributed by atoms with E-state index in [1.807, 2.05) is 0 Å². The van der Waals surface area contributed by atoms with Crippen molar-refractivity contribution in [2.45, 2.75) is 6.92 Å². The molecule has 1 amide bonds. The molecule has 0 heterocycles. The molecule has 0 aromatic heterocycles. The number of carbonyl (C=O) groups is 1. The van der Waals surface area contributed by atoms with Crippen LogP contribution >= 0.6 is 0 Å². The summed E-state index contributed by atoms with van der Waals surface area (Å²) < 4.78 is -0.403. The van der Waals surface area contributed by atoms with Crippen molar-refractivity contribution in [1.29, 1.82) is 0 Å². The van der Waals surface area contributed by atoms with Crippen molar-refractivity contribution in [3.05, 3.63) is 4.91 Å². The third-order valence-electron chi connectivity index (χ3n) is 1.05. The lowest BCUT2D eigenvalue weighted by atomic mass is 10.6. The normalized spacial score (nSPS) is 16.8. The van der Waals surface area contributed by atoms with E-state index in [1.165, 1.54) is 7.05 Å². The molecule has 4 nitrogen and oxygen atoms in total. The van der Waals surface area contributed by atoms with Crippen LogP contribution < -0.4 is 0 Å². The van der Waals surface area contributed by atoms with E-state index in [0.717, 1.165) is 0 Å². The average Bonchev–Trinajstić information content (AvgIpc) is 1.87. The number of hydrogen-bond donors (Lipinski definition) is 0. The Bertz CT molecular complexity index is 94.2. The van der Waals surface area contributed by atoms with Gasteiger partial charge in [0.15, 0.2) is 5.29 Å². The largest absolute Gasteiger partial charge is 0.330 e. The van der Waals surface area contributed by atoms with E-state index in [9.17, 15) is 9.70 Å². The van der Waals surface area contributed by atoms with Gasteiger partial charge in [0.2, 0.25) is 0 Å². The molecule has 0 bridgehead atoms. The molecule has 0 aliphatic heterocycles. The molecule has 0 saturated carbocycles. The number of carbonyl (C=O) groups excluding carboxylic acids is 1. The minimum Gasteiger partial charge on any atom is -0.231 e. The van der Waals surface area contributed by atoms with Gasteiger partial charge < -0.3 is 0 Å². The molecule has 46 valence electrons. The zero-order valence-corrected chi connectivity index (χ0v) is 5.00. The lowest BCUT2D eigenvalue weighted by molar-refractivity contribution is -0.831. The van der Waals surface area contributed by atoms with Gasteiger partial charge in [-0.05, 0) is 6.92 Å². The number of nitroso groups, excluding NO2 is 1. The summed E-state index contributed by atoms with van der Waals surface area (Å²) >= 11 is 0. The van der Waals surface area contributed by atoms with Crippen LogP contribution in [-0.2, 0) is 4.79 Å². The molecule has 1 unspecified atom stereocenters. The highest BCUT2D eigenvalue weighted by Gasteiger charge is 2.18. The van der Waals surface area contributed by atoms with Gasteiger partial charge in [-0.3, -0.25) is 0 Å². The fraction of sp³-hybridized carbons (Fsp3) is 0.750. The van der Waals surface area contributed by atoms with Crippen LogP contribution in [0.3, 0.4) is 0 Å². The number of quaternary nitrogens is 1. The predicted molar refractivity (Wildman–Crippen MR) is 28.6 cm³/mol. The maximum Gasteiger partial charge on any atom is 0.330 e. The Balaban J connectivity index is 3.96. The fourth-order valence-corrected chi connectivity index (χ4v) is 0.152. The summed E-state index contributed by atoms with van der Waals surface area (Å²) in [6.07, 6.45) is 0.507. The lowest BCUT2D eigenvalue weighted by Gasteiger charge is -2.10. The Labute approximate surface area is 47.6 Å². The van der Waals surface area contributed by atoms with Crippen LogP contribution in [0.2, 0.25) is 0 Å². The first kappa shape index (κ1) is 7.23. The van der Waals surface area contributed by atoms with E-state index in [-0.39, 0.29) is 0 Å². The van der Waals surface area contributed by atoms with Gasteiger partial charge >= 0.3 is 6.41 Å². The van der Waals surface area contributed by atoms with Gasteiger partial charge in [0, 0.05) is 0 Å². The van der Waals surface area contributed by atoms with Gasteiger partial charge in [0.1, 0.15) is 13.6 Å². The Morgan fingerprint density at radius 3 is 2.25 bits per heavy atom. The molecule has 0 radical (unpaired) electrons. The first-order valence-corrected chi connectivity index (χ1v) is 2.35. The number of nitrogens with zero attached hydrogens (tertiary/aromatic N) is 2. The fourth-order valence-electron chi connectivity index (χ4n) is 0.152. The number of amides is 1. The van der Waals surface area contributed by atoms with Crippen LogP contribution in [-0.4, -0.2) is 24.6 Å². The van der Waals surface area contributed by atoms with Crippen molar-refractivity contribution < 1.29 is 9.39 Å². The van der Waals surface area contributed by atoms with Crippen LogP contribution in [0.25, 0.3) is 0 Å². The van der Waals surface area contributed by atoms with E-state index in [4.69, 9.17) is 0 Å². The Hall–Kier alpha value is -0.770. The zero-order chi connectivity index (χ0) is 6.62. The second-order valence-corrected chi connectivity index (χ2v) is 1.72. The minimum atomic E-state index is -0.403. The monoisotopic (exact) mass is 117 g/mol. The predicted octanol–water partition coefficient (Wildman–Crippen LogP) is 0.291. The number of hydrogen-bond acceptors (Lipinski definition) is 3. The molecule has 8 heavy (non-hydrogen) atoms. The highest BCUT2D eigenvalue weighted by molar-refractivity contribution is 5.36.